The van der Waals surface area contributed by atoms with Gasteiger partial charge in [0, 0.05) is 24.2 Å². The first-order valence-electron chi connectivity index (χ1n) is 4.92. The topological polar surface area (TPSA) is 47.0 Å². The van der Waals surface area contributed by atoms with Crippen LogP contribution in [0.5, 0.6) is 0 Å². The number of anilines is 1. The molecule has 0 radical (unpaired) electrons. The number of hydrogen-bond donors (Lipinski definition) is 1. The Kier molecular flexibility index (Phi) is 2.98. The molecule has 1 fully saturated rings. The van der Waals surface area contributed by atoms with E-state index in [4.69, 9.17) is 4.74 Å². The number of nitrogens with zero attached hydrogens (tertiary/aromatic N) is 2. The Labute approximate surface area is 87.9 Å². The van der Waals surface area contributed by atoms with Gasteiger partial charge in [0.05, 0.1) is 6.10 Å². The number of aromatic nitrogens is 2. The third-order valence-electron chi connectivity index (χ3n) is 2.34. The van der Waals surface area contributed by atoms with Crippen molar-refractivity contribution in [3.63, 3.8) is 0 Å². The van der Waals surface area contributed by atoms with Crippen LogP contribution in [0.3, 0.4) is 0 Å². The summed E-state index contributed by atoms with van der Waals surface area (Å²) in [7, 11) is 0. The van der Waals surface area contributed by atoms with Crippen molar-refractivity contribution >= 4 is 16.7 Å². The van der Waals surface area contributed by atoms with Gasteiger partial charge in [0.2, 0.25) is 5.13 Å². The third-order valence-corrected chi connectivity index (χ3v) is 3.08. The Hall–Kier alpha value is -0.680. The maximum atomic E-state index is 5.48. The molecule has 0 spiro atoms. The third kappa shape index (κ3) is 2.42. The van der Waals surface area contributed by atoms with Crippen LogP contribution in [0, 0.1) is 6.92 Å². The van der Waals surface area contributed by atoms with Crippen molar-refractivity contribution in [1.29, 1.82) is 0 Å². The minimum atomic E-state index is 0.357. The van der Waals surface area contributed by atoms with Gasteiger partial charge in [0.25, 0.3) is 0 Å². The number of nitrogens with one attached hydrogen (secondary N) is 1. The smallest absolute Gasteiger partial charge is 0.202 e. The van der Waals surface area contributed by atoms with Gasteiger partial charge in [-0.1, -0.05) is 0 Å². The van der Waals surface area contributed by atoms with Gasteiger partial charge in [0.15, 0.2) is 0 Å². The Balaban J connectivity index is 1.90. The molecule has 2 heterocycles. The van der Waals surface area contributed by atoms with Crippen molar-refractivity contribution < 1.29 is 4.74 Å². The molecule has 0 bridgehead atoms. The van der Waals surface area contributed by atoms with E-state index in [9.17, 15) is 0 Å². The van der Waals surface area contributed by atoms with Crippen LogP contribution in [0.15, 0.2) is 0 Å². The molecule has 0 aliphatic carbocycles. The maximum Gasteiger partial charge on any atom is 0.202 e. The van der Waals surface area contributed by atoms with Crippen LogP contribution in [0.25, 0.3) is 0 Å². The minimum absolute atomic E-state index is 0.357. The zero-order valence-corrected chi connectivity index (χ0v) is 9.30. The molecular formula is C9H15N3OS. The summed E-state index contributed by atoms with van der Waals surface area (Å²) in [5.41, 5.74) is 0. The van der Waals surface area contributed by atoms with E-state index in [2.05, 4.69) is 21.6 Å². The van der Waals surface area contributed by atoms with Gasteiger partial charge in [-0.3, -0.25) is 0 Å². The highest BCUT2D eigenvalue weighted by atomic mass is 32.1. The zero-order valence-electron chi connectivity index (χ0n) is 8.49. The molecule has 5 heteroatoms. The lowest BCUT2D eigenvalue weighted by Crippen LogP contribution is -2.32. The highest BCUT2D eigenvalue weighted by molar-refractivity contribution is 7.09. The maximum absolute atomic E-state index is 5.48. The molecule has 1 aromatic heterocycles. The molecule has 0 aromatic carbocycles. The standard InChI is InChI=1S/C9H15N3OS/c1-6-5-8(3-4-13-6)11-9-10-7(2)12-14-9/h6,8H,3-5H2,1-2H3,(H,10,11,12). The number of hydrogen-bond acceptors (Lipinski definition) is 5. The summed E-state index contributed by atoms with van der Waals surface area (Å²) in [4.78, 5) is 4.29. The SMILES string of the molecule is Cc1nsc(NC2CCOC(C)C2)n1. The van der Waals surface area contributed by atoms with Gasteiger partial charge in [-0.05, 0) is 26.7 Å². The highest BCUT2D eigenvalue weighted by Crippen LogP contribution is 2.19. The largest absolute Gasteiger partial charge is 0.378 e. The molecule has 1 aromatic rings. The van der Waals surface area contributed by atoms with Crippen LogP contribution in [-0.2, 0) is 4.74 Å². The lowest BCUT2D eigenvalue weighted by atomic mass is 10.1. The van der Waals surface area contributed by atoms with E-state index in [1.165, 1.54) is 11.5 Å². The monoisotopic (exact) mass is 213 g/mol. The molecule has 0 amide bonds. The van der Waals surface area contributed by atoms with Gasteiger partial charge in [0.1, 0.15) is 5.82 Å². The fraction of sp³-hybridized carbons (Fsp3) is 0.778. The predicted octanol–water partition coefficient (Wildman–Crippen LogP) is 1.83. The van der Waals surface area contributed by atoms with Gasteiger partial charge < -0.3 is 10.1 Å². The number of aryl methyl sites for hydroxylation is 1. The van der Waals surface area contributed by atoms with E-state index < -0.39 is 0 Å². The fourth-order valence-corrected chi connectivity index (χ4v) is 2.31. The van der Waals surface area contributed by atoms with Gasteiger partial charge >= 0.3 is 0 Å². The lowest BCUT2D eigenvalue weighted by Gasteiger charge is -2.27. The minimum Gasteiger partial charge on any atom is -0.378 e. The Morgan fingerprint density at radius 1 is 1.57 bits per heavy atom. The first-order chi connectivity index (χ1) is 6.74. The molecule has 2 unspecified atom stereocenters. The van der Waals surface area contributed by atoms with Crippen LogP contribution in [0.1, 0.15) is 25.6 Å². The van der Waals surface area contributed by atoms with Crippen LogP contribution in [0.4, 0.5) is 5.13 Å². The zero-order chi connectivity index (χ0) is 9.97. The van der Waals surface area contributed by atoms with Crippen LogP contribution >= 0.6 is 11.5 Å². The van der Waals surface area contributed by atoms with E-state index in [1.54, 1.807) is 0 Å². The molecule has 1 N–H and O–H groups in total. The summed E-state index contributed by atoms with van der Waals surface area (Å²) in [6, 6.07) is 0.492. The molecule has 1 aliphatic heterocycles. The second kappa shape index (κ2) is 4.23. The predicted molar refractivity (Wildman–Crippen MR) is 56.7 cm³/mol. The van der Waals surface area contributed by atoms with Crippen LogP contribution in [-0.4, -0.2) is 28.1 Å². The van der Waals surface area contributed by atoms with E-state index in [-0.39, 0.29) is 0 Å². The highest BCUT2D eigenvalue weighted by Gasteiger charge is 2.19. The Morgan fingerprint density at radius 2 is 2.43 bits per heavy atom. The first kappa shape index (κ1) is 9.86. The molecule has 2 atom stereocenters. The van der Waals surface area contributed by atoms with Crippen molar-refractivity contribution in [1.82, 2.24) is 9.36 Å². The van der Waals surface area contributed by atoms with Gasteiger partial charge in [-0.2, -0.15) is 4.37 Å². The van der Waals surface area contributed by atoms with Crippen molar-refractivity contribution in [2.45, 2.75) is 38.8 Å². The number of rotatable bonds is 2. The number of ether oxygens (including phenoxy) is 1. The van der Waals surface area contributed by atoms with E-state index >= 15 is 0 Å². The molecule has 4 nitrogen and oxygen atoms in total. The average molecular weight is 213 g/mol. The van der Waals surface area contributed by atoms with Crippen molar-refractivity contribution in [3.8, 4) is 0 Å². The van der Waals surface area contributed by atoms with Gasteiger partial charge in [-0.25, -0.2) is 4.98 Å². The normalized spacial score (nSPS) is 27.6. The molecular weight excluding hydrogens is 198 g/mol. The van der Waals surface area contributed by atoms with Gasteiger partial charge in [-0.15, -0.1) is 0 Å². The lowest BCUT2D eigenvalue weighted by molar-refractivity contribution is 0.0232. The summed E-state index contributed by atoms with van der Waals surface area (Å²) < 4.78 is 9.62. The Morgan fingerprint density at radius 3 is 3.07 bits per heavy atom. The van der Waals surface area contributed by atoms with Crippen LogP contribution < -0.4 is 5.32 Å². The Bertz CT molecular complexity index is 302. The molecule has 1 saturated heterocycles. The first-order valence-corrected chi connectivity index (χ1v) is 5.70. The second-order valence-corrected chi connectivity index (χ2v) is 4.45. The summed E-state index contributed by atoms with van der Waals surface area (Å²) in [5.74, 6) is 0.845. The van der Waals surface area contributed by atoms with E-state index in [0.29, 0.717) is 12.1 Å². The molecule has 14 heavy (non-hydrogen) atoms. The van der Waals surface area contributed by atoms with Crippen molar-refractivity contribution in [2.75, 3.05) is 11.9 Å². The quantitative estimate of drug-likeness (QED) is 0.814. The summed E-state index contributed by atoms with van der Waals surface area (Å²) in [6.45, 7) is 4.87. The summed E-state index contributed by atoms with van der Waals surface area (Å²) in [5, 5.41) is 4.33. The van der Waals surface area contributed by atoms with Crippen molar-refractivity contribution in [3.05, 3.63) is 5.82 Å². The average Bonchev–Trinajstić information content (AvgIpc) is 2.51. The van der Waals surface area contributed by atoms with E-state index in [1.807, 2.05) is 6.92 Å². The fourth-order valence-electron chi connectivity index (χ4n) is 1.66. The summed E-state index contributed by atoms with van der Waals surface area (Å²) in [6.07, 6.45) is 2.47. The second-order valence-electron chi connectivity index (χ2n) is 3.69. The van der Waals surface area contributed by atoms with Crippen molar-refractivity contribution in [2.24, 2.45) is 0 Å². The van der Waals surface area contributed by atoms with E-state index in [0.717, 1.165) is 30.4 Å². The molecule has 78 valence electrons. The summed E-state index contributed by atoms with van der Waals surface area (Å²) >= 11 is 1.43. The molecule has 0 saturated carbocycles. The molecule has 2 rings (SSSR count). The van der Waals surface area contributed by atoms with Crippen LogP contribution in [0.2, 0.25) is 0 Å². The molecule has 1 aliphatic rings.